The minimum absolute atomic E-state index is 0.568. The molecule has 0 amide bonds. The summed E-state index contributed by atoms with van der Waals surface area (Å²) in [4.78, 5) is 5.36. The zero-order valence-corrected chi connectivity index (χ0v) is 7.43. The van der Waals surface area contributed by atoms with Gasteiger partial charge in [-0.1, -0.05) is 18.2 Å². The van der Waals surface area contributed by atoms with Crippen LogP contribution in [0.25, 0.3) is 0 Å². The van der Waals surface area contributed by atoms with Crippen LogP contribution < -0.4 is 5.06 Å². The van der Waals surface area contributed by atoms with Gasteiger partial charge >= 0.3 is 0 Å². The third-order valence-corrected chi connectivity index (χ3v) is 1.86. The Hall–Kier alpha value is -1.48. The van der Waals surface area contributed by atoms with E-state index in [4.69, 9.17) is 9.57 Å². The number of rotatable bonds is 2. The molecule has 0 fully saturated rings. The lowest BCUT2D eigenvalue weighted by Gasteiger charge is -2.18. The largest absolute Gasteiger partial charge is 0.481 e. The molecule has 0 saturated carbocycles. The van der Waals surface area contributed by atoms with E-state index in [1.165, 1.54) is 0 Å². The molecular weight excluding hydrogens is 166 g/mol. The van der Waals surface area contributed by atoms with E-state index < -0.39 is 0 Å². The van der Waals surface area contributed by atoms with Gasteiger partial charge in [-0.15, -0.1) is 0 Å². The van der Waals surface area contributed by atoms with E-state index in [0.29, 0.717) is 6.61 Å². The van der Waals surface area contributed by atoms with E-state index in [2.05, 4.69) is 0 Å². The minimum atomic E-state index is 0.568. The van der Waals surface area contributed by atoms with Gasteiger partial charge in [-0.05, 0) is 12.1 Å². The summed E-state index contributed by atoms with van der Waals surface area (Å²) in [6.07, 6.45) is 1.90. The summed E-state index contributed by atoms with van der Waals surface area (Å²) >= 11 is 0. The maximum Gasteiger partial charge on any atom is 0.216 e. The van der Waals surface area contributed by atoms with Crippen LogP contribution >= 0.6 is 0 Å². The number of hydrogen-bond acceptors (Lipinski definition) is 3. The van der Waals surface area contributed by atoms with Crippen LogP contribution in [0.2, 0.25) is 0 Å². The molecular formula is C10H11NO2. The van der Waals surface area contributed by atoms with E-state index in [0.717, 1.165) is 11.6 Å². The standard InChI is InChI=1S/C10H11NO2/c1-12-10-7-8-13-11(10)9-5-3-2-4-6-9/h2-7H,8H2,1H3. The molecule has 0 unspecified atom stereocenters. The first-order valence-corrected chi connectivity index (χ1v) is 4.14. The highest BCUT2D eigenvalue weighted by molar-refractivity contribution is 5.48. The highest BCUT2D eigenvalue weighted by Crippen LogP contribution is 2.22. The lowest BCUT2D eigenvalue weighted by molar-refractivity contribution is 0.135. The Morgan fingerprint density at radius 1 is 1.31 bits per heavy atom. The molecule has 0 aromatic heterocycles. The second-order valence-corrected chi connectivity index (χ2v) is 2.67. The first-order valence-electron chi connectivity index (χ1n) is 4.14. The summed E-state index contributed by atoms with van der Waals surface area (Å²) in [5.74, 6) is 0.742. The van der Waals surface area contributed by atoms with Crippen molar-refractivity contribution in [1.29, 1.82) is 0 Å². The molecule has 1 heterocycles. The van der Waals surface area contributed by atoms with Crippen LogP contribution in [0.15, 0.2) is 42.3 Å². The van der Waals surface area contributed by atoms with Gasteiger partial charge in [-0.2, -0.15) is 5.06 Å². The van der Waals surface area contributed by atoms with Crippen molar-refractivity contribution in [2.45, 2.75) is 0 Å². The van der Waals surface area contributed by atoms with Gasteiger partial charge in [-0.25, -0.2) is 0 Å². The molecule has 2 rings (SSSR count). The zero-order chi connectivity index (χ0) is 9.10. The van der Waals surface area contributed by atoms with Gasteiger partial charge in [0.05, 0.1) is 19.4 Å². The Balaban J connectivity index is 2.23. The number of nitrogens with zero attached hydrogens (tertiary/aromatic N) is 1. The van der Waals surface area contributed by atoms with Gasteiger partial charge in [-0.3, -0.25) is 4.84 Å². The Kier molecular flexibility index (Phi) is 2.19. The average Bonchev–Trinajstić information content (AvgIpc) is 2.67. The molecule has 1 aliphatic rings. The normalized spacial score (nSPS) is 15.8. The van der Waals surface area contributed by atoms with E-state index in [1.54, 1.807) is 12.2 Å². The van der Waals surface area contributed by atoms with Crippen LogP contribution in [-0.4, -0.2) is 13.7 Å². The number of hydroxylamine groups is 1. The van der Waals surface area contributed by atoms with Gasteiger partial charge in [0.2, 0.25) is 5.88 Å². The van der Waals surface area contributed by atoms with Crippen molar-refractivity contribution in [3.63, 3.8) is 0 Å². The van der Waals surface area contributed by atoms with Crippen LogP contribution in [0, 0.1) is 0 Å². The monoisotopic (exact) mass is 177 g/mol. The lowest BCUT2D eigenvalue weighted by Crippen LogP contribution is -2.17. The van der Waals surface area contributed by atoms with Crippen LogP contribution in [-0.2, 0) is 9.57 Å². The molecule has 3 nitrogen and oxygen atoms in total. The number of hydrogen-bond donors (Lipinski definition) is 0. The Bertz CT molecular complexity index is 308. The first kappa shape index (κ1) is 8.13. The van der Waals surface area contributed by atoms with Crippen molar-refractivity contribution in [2.24, 2.45) is 0 Å². The number of anilines is 1. The Labute approximate surface area is 77.1 Å². The van der Waals surface area contributed by atoms with Crippen molar-refractivity contribution >= 4 is 5.69 Å². The number of benzene rings is 1. The van der Waals surface area contributed by atoms with Crippen molar-refractivity contribution in [2.75, 3.05) is 18.8 Å². The highest BCUT2D eigenvalue weighted by atomic mass is 16.7. The molecule has 0 N–H and O–H groups in total. The number of ether oxygens (including phenoxy) is 1. The van der Waals surface area contributed by atoms with Crippen molar-refractivity contribution in [3.8, 4) is 0 Å². The molecule has 0 bridgehead atoms. The van der Waals surface area contributed by atoms with E-state index in [-0.39, 0.29) is 0 Å². The van der Waals surface area contributed by atoms with E-state index >= 15 is 0 Å². The molecule has 1 aromatic rings. The molecule has 0 radical (unpaired) electrons. The quantitative estimate of drug-likeness (QED) is 0.689. The Morgan fingerprint density at radius 2 is 2.08 bits per heavy atom. The second kappa shape index (κ2) is 3.49. The fourth-order valence-electron chi connectivity index (χ4n) is 1.26. The third kappa shape index (κ3) is 1.51. The SMILES string of the molecule is COC1=CCON1c1ccccc1. The van der Waals surface area contributed by atoms with Gasteiger partial charge in [0.15, 0.2) is 0 Å². The highest BCUT2D eigenvalue weighted by Gasteiger charge is 2.17. The van der Waals surface area contributed by atoms with Gasteiger partial charge < -0.3 is 4.74 Å². The third-order valence-electron chi connectivity index (χ3n) is 1.86. The molecule has 68 valence electrons. The first-order chi connectivity index (χ1) is 6.42. The molecule has 1 aromatic carbocycles. The van der Waals surface area contributed by atoms with Gasteiger partial charge in [0.1, 0.15) is 0 Å². The Morgan fingerprint density at radius 3 is 2.77 bits per heavy atom. The summed E-state index contributed by atoms with van der Waals surface area (Å²) in [5, 5.41) is 1.68. The summed E-state index contributed by atoms with van der Waals surface area (Å²) in [5.41, 5.74) is 0.980. The summed E-state index contributed by atoms with van der Waals surface area (Å²) < 4.78 is 5.14. The molecule has 0 aliphatic carbocycles. The minimum Gasteiger partial charge on any atom is -0.481 e. The molecule has 1 aliphatic heterocycles. The zero-order valence-electron chi connectivity index (χ0n) is 7.43. The molecule has 3 heteroatoms. The maximum atomic E-state index is 5.36. The molecule has 13 heavy (non-hydrogen) atoms. The predicted octanol–water partition coefficient (Wildman–Crippen LogP) is 1.93. The van der Waals surface area contributed by atoms with Crippen molar-refractivity contribution in [1.82, 2.24) is 0 Å². The van der Waals surface area contributed by atoms with Crippen LogP contribution in [0.3, 0.4) is 0 Å². The van der Waals surface area contributed by atoms with Crippen molar-refractivity contribution < 1.29 is 9.57 Å². The maximum absolute atomic E-state index is 5.36. The van der Waals surface area contributed by atoms with E-state index in [9.17, 15) is 0 Å². The smallest absolute Gasteiger partial charge is 0.216 e. The van der Waals surface area contributed by atoms with E-state index in [1.807, 2.05) is 36.4 Å². The lowest BCUT2D eigenvalue weighted by atomic mass is 10.3. The topological polar surface area (TPSA) is 21.7 Å². The fraction of sp³-hybridized carbons (Fsp3) is 0.200. The summed E-state index contributed by atoms with van der Waals surface area (Å²) in [7, 11) is 1.64. The summed E-state index contributed by atoms with van der Waals surface area (Å²) in [6, 6.07) is 9.83. The van der Waals surface area contributed by atoms with Crippen LogP contribution in [0.1, 0.15) is 0 Å². The number of para-hydroxylation sites is 1. The fourth-order valence-corrected chi connectivity index (χ4v) is 1.26. The number of methoxy groups -OCH3 is 1. The molecule has 0 atom stereocenters. The average molecular weight is 177 g/mol. The van der Waals surface area contributed by atoms with Crippen LogP contribution in [0.4, 0.5) is 5.69 Å². The van der Waals surface area contributed by atoms with Crippen LogP contribution in [0.5, 0.6) is 0 Å². The molecule has 0 saturated heterocycles. The molecule has 0 spiro atoms. The van der Waals surface area contributed by atoms with Gasteiger partial charge in [0, 0.05) is 6.08 Å². The summed E-state index contributed by atoms with van der Waals surface area (Å²) in [6.45, 7) is 0.568. The van der Waals surface area contributed by atoms with Gasteiger partial charge in [0.25, 0.3) is 0 Å². The predicted molar refractivity (Wildman–Crippen MR) is 50.0 cm³/mol. The van der Waals surface area contributed by atoms with Crippen molar-refractivity contribution in [3.05, 3.63) is 42.3 Å². The second-order valence-electron chi connectivity index (χ2n) is 2.67.